The van der Waals surface area contributed by atoms with Crippen molar-refractivity contribution in [1.82, 2.24) is 10.3 Å². The zero-order valence-corrected chi connectivity index (χ0v) is 12.5. The molecule has 0 spiro atoms. The maximum Gasteiger partial charge on any atom is 0.246 e. The molecule has 0 saturated heterocycles. The molecule has 1 aromatic heterocycles. The van der Waals surface area contributed by atoms with Crippen molar-refractivity contribution in [3.63, 3.8) is 0 Å². The van der Waals surface area contributed by atoms with Crippen LogP contribution < -0.4 is 5.32 Å². The Hall–Kier alpha value is -0.940. The number of ether oxygens (including phenoxy) is 1. The number of hydrogen-bond donors (Lipinski definition) is 1. The molecule has 1 aliphatic rings. The molecule has 19 heavy (non-hydrogen) atoms. The van der Waals surface area contributed by atoms with Gasteiger partial charge in [0.2, 0.25) is 5.91 Å². The summed E-state index contributed by atoms with van der Waals surface area (Å²) in [4.78, 5) is 16.6. The second-order valence-corrected chi connectivity index (χ2v) is 6.13. The van der Waals surface area contributed by atoms with Gasteiger partial charge < -0.3 is 10.1 Å². The number of carbonyl (C=O) groups is 1. The van der Waals surface area contributed by atoms with E-state index >= 15 is 0 Å². The Morgan fingerprint density at radius 3 is 2.63 bits per heavy atom. The molecule has 0 radical (unpaired) electrons. The molecule has 4 nitrogen and oxygen atoms in total. The van der Waals surface area contributed by atoms with Crippen molar-refractivity contribution in [3.8, 4) is 0 Å². The van der Waals surface area contributed by atoms with Gasteiger partial charge in [-0.2, -0.15) is 0 Å². The van der Waals surface area contributed by atoms with Crippen LogP contribution in [0.25, 0.3) is 0 Å². The summed E-state index contributed by atoms with van der Waals surface area (Å²) in [6.45, 7) is 2.12. The maximum absolute atomic E-state index is 11.9. The molecule has 2 rings (SSSR count). The molecule has 1 N–H and O–H groups in total. The van der Waals surface area contributed by atoms with Crippen LogP contribution in [-0.2, 0) is 15.1 Å². The minimum absolute atomic E-state index is 0.0442. The molecule has 106 valence electrons. The molecule has 1 fully saturated rings. The minimum atomic E-state index is -0.273. The molecule has 0 bridgehead atoms. The molecular weight excluding hydrogens is 260 g/mol. The Balaban J connectivity index is 2.23. The minimum Gasteiger partial charge on any atom is -0.375 e. The molecule has 1 aromatic rings. The molecule has 0 unspecified atom stereocenters. The van der Waals surface area contributed by atoms with E-state index in [4.69, 9.17) is 4.74 Å². The average Bonchev–Trinajstić information content (AvgIpc) is 2.67. The third-order valence-electron chi connectivity index (χ3n) is 3.64. The number of aromatic nitrogens is 1. The van der Waals surface area contributed by atoms with Gasteiger partial charge in [-0.25, -0.2) is 4.98 Å². The fraction of sp³-hybridized carbons (Fsp3) is 0.714. The summed E-state index contributed by atoms with van der Waals surface area (Å²) in [6, 6.07) is 0. The second-order valence-electron chi connectivity index (χ2n) is 5.27. The molecule has 0 aliphatic heterocycles. The number of amides is 1. The Bertz CT molecular complexity index is 423. The Morgan fingerprint density at radius 1 is 1.42 bits per heavy atom. The van der Waals surface area contributed by atoms with Gasteiger partial charge in [-0.05, 0) is 19.8 Å². The monoisotopic (exact) mass is 282 g/mol. The lowest BCUT2D eigenvalue weighted by Crippen LogP contribution is -2.47. The van der Waals surface area contributed by atoms with Crippen LogP contribution in [0, 0.1) is 6.92 Å². The van der Waals surface area contributed by atoms with Crippen molar-refractivity contribution in [1.29, 1.82) is 0 Å². The smallest absolute Gasteiger partial charge is 0.246 e. The summed E-state index contributed by atoms with van der Waals surface area (Å²) in [5.41, 5.74) is 0.759. The standard InChI is InChI=1S/C14H22N2O2S/c1-11-10-19-13(15-11)14(16-12(17)9-18-2)7-5-3-4-6-8-14/h10H,3-9H2,1-2H3,(H,16,17). The summed E-state index contributed by atoms with van der Waals surface area (Å²) in [5.74, 6) is -0.0442. The van der Waals surface area contributed by atoms with Crippen LogP contribution in [0.2, 0.25) is 0 Å². The van der Waals surface area contributed by atoms with E-state index in [0.29, 0.717) is 0 Å². The van der Waals surface area contributed by atoms with Gasteiger partial charge in [0, 0.05) is 18.2 Å². The van der Waals surface area contributed by atoms with Crippen molar-refractivity contribution >= 4 is 17.2 Å². The molecule has 1 aliphatic carbocycles. The van der Waals surface area contributed by atoms with E-state index in [0.717, 1.165) is 36.4 Å². The summed E-state index contributed by atoms with van der Waals surface area (Å²) >= 11 is 1.66. The molecular formula is C14H22N2O2S. The topological polar surface area (TPSA) is 51.2 Å². The number of methoxy groups -OCH3 is 1. The first-order chi connectivity index (χ1) is 9.16. The highest BCUT2D eigenvalue weighted by atomic mass is 32.1. The first-order valence-electron chi connectivity index (χ1n) is 6.89. The maximum atomic E-state index is 11.9. The number of thiazole rings is 1. The Kier molecular flexibility index (Phi) is 4.93. The Labute approximate surface area is 118 Å². The van der Waals surface area contributed by atoms with E-state index in [1.807, 2.05) is 6.92 Å². The van der Waals surface area contributed by atoms with Gasteiger partial charge in [0.1, 0.15) is 11.6 Å². The van der Waals surface area contributed by atoms with E-state index in [-0.39, 0.29) is 18.1 Å². The largest absolute Gasteiger partial charge is 0.375 e. The van der Waals surface area contributed by atoms with Crippen LogP contribution in [0.1, 0.15) is 49.2 Å². The van der Waals surface area contributed by atoms with Crippen LogP contribution in [0.4, 0.5) is 0 Å². The lowest BCUT2D eigenvalue weighted by Gasteiger charge is -2.32. The number of aryl methyl sites for hydroxylation is 1. The van der Waals surface area contributed by atoms with Crippen molar-refractivity contribution in [3.05, 3.63) is 16.1 Å². The summed E-state index contributed by atoms with van der Waals surface area (Å²) in [6.07, 6.45) is 6.74. The first kappa shape index (κ1) is 14.5. The van der Waals surface area contributed by atoms with E-state index in [9.17, 15) is 4.79 Å². The number of nitrogens with one attached hydrogen (secondary N) is 1. The summed E-state index contributed by atoms with van der Waals surface area (Å²) in [5, 5.41) is 6.30. The van der Waals surface area contributed by atoms with Gasteiger partial charge in [0.05, 0.1) is 5.54 Å². The molecule has 1 saturated carbocycles. The van der Waals surface area contributed by atoms with Gasteiger partial charge in [0.25, 0.3) is 0 Å². The zero-order chi connectivity index (χ0) is 13.7. The predicted octanol–water partition coefficient (Wildman–Crippen LogP) is 2.76. The predicted molar refractivity (Wildman–Crippen MR) is 76.2 cm³/mol. The quantitative estimate of drug-likeness (QED) is 0.864. The van der Waals surface area contributed by atoms with Gasteiger partial charge in [-0.3, -0.25) is 4.79 Å². The fourth-order valence-electron chi connectivity index (χ4n) is 2.73. The van der Waals surface area contributed by atoms with Gasteiger partial charge in [-0.1, -0.05) is 25.7 Å². The average molecular weight is 282 g/mol. The van der Waals surface area contributed by atoms with Gasteiger partial charge >= 0.3 is 0 Å². The third-order valence-corrected chi connectivity index (χ3v) is 4.80. The third kappa shape index (κ3) is 3.54. The SMILES string of the molecule is COCC(=O)NC1(c2nc(C)cs2)CCCCCC1. The lowest BCUT2D eigenvalue weighted by molar-refractivity contribution is -0.127. The molecule has 1 heterocycles. The van der Waals surface area contributed by atoms with Crippen LogP contribution in [0.15, 0.2) is 5.38 Å². The zero-order valence-electron chi connectivity index (χ0n) is 11.7. The van der Waals surface area contributed by atoms with E-state index in [1.165, 1.54) is 12.8 Å². The highest BCUT2D eigenvalue weighted by molar-refractivity contribution is 7.09. The first-order valence-corrected chi connectivity index (χ1v) is 7.77. The van der Waals surface area contributed by atoms with Crippen molar-refractivity contribution in [2.24, 2.45) is 0 Å². The normalized spacial score (nSPS) is 18.8. The fourth-order valence-corrected chi connectivity index (χ4v) is 3.74. The summed E-state index contributed by atoms with van der Waals surface area (Å²) < 4.78 is 4.93. The van der Waals surface area contributed by atoms with E-state index in [2.05, 4.69) is 15.7 Å². The van der Waals surface area contributed by atoms with Gasteiger partial charge in [-0.15, -0.1) is 11.3 Å². The van der Waals surface area contributed by atoms with Gasteiger partial charge in [0.15, 0.2) is 0 Å². The summed E-state index contributed by atoms with van der Waals surface area (Å²) in [7, 11) is 1.55. The molecule has 0 atom stereocenters. The van der Waals surface area contributed by atoms with Crippen LogP contribution in [0.5, 0.6) is 0 Å². The molecule has 0 aromatic carbocycles. The Morgan fingerprint density at radius 2 is 2.11 bits per heavy atom. The highest BCUT2D eigenvalue weighted by Crippen LogP contribution is 2.37. The second kappa shape index (κ2) is 6.48. The van der Waals surface area contributed by atoms with Crippen molar-refractivity contribution in [2.75, 3.05) is 13.7 Å². The van der Waals surface area contributed by atoms with Crippen LogP contribution in [0.3, 0.4) is 0 Å². The number of rotatable bonds is 4. The van der Waals surface area contributed by atoms with Crippen molar-refractivity contribution < 1.29 is 9.53 Å². The van der Waals surface area contributed by atoms with E-state index in [1.54, 1.807) is 18.4 Å². The van der Waals surface area contributed by atoms with Crippen molar-refractivity contribution in [2.45, 2.75) is 51.0 Å². The molecule has 1 amide bonds. The molecule has 5 heteroatoms. The number of nitrogens with zero attached hydrogens (tertiary/aromatic N) is 1. The highest BCUT2D eigenvalue weighted by Gasteiger charge is 2.36. The van der Waals surface area contributed by atoms with Crippen LogP contribution in [-0.4, -0.2) is 24.6 Å². The number of carbonyl (C=O) groups excluding carboxylic acids is 1. The van der Waals surface area contributed by atoms with Crippen LogP contribution >= 0.6 is 11.3 Å². The number of hydrogen-bond acceptors (Lipinski definition) is 4. The lowest BCUT2D eigenvalue weighted by atomic mass is 9.90. The van der Waals surface area contributed by atoms with E-state index < -0.39 is 0 Å².